The lowest BCUT2D eigenvalue weighted by Gasteiger charge is -2.19. The van der Waals surface area contributed by atoms with Gasteiger partial charge in [0, 0.05) is 24.2 Å². The van der Waals surface area contributed by atoms with E-state index in [4.69, 9.17) is 5.11 Å². The number of fused-ring (bicyclic) bond motifs is 1. The number of hydrogen-bond acceptors (Lipinski definition) is 5. The summed E-state index contributed by atoms with van der Waals surface area (Å²) in [6, 6.07) is 9.85. The molecule has 5 nitrogen and oxygen atoms in total. The number of anilines is 1. The highest BCUT2D eigenvalue weighted by Crippen LogP contribution is 2.33. The van der Waals surface area contributed by atoms with Crippen molar-refractivity contribution in [3.05, 3.63) is 51.2 Å². The molecule has 1 aromatic heterocycles. The number of hydrazone groups is 1. The zero-order valence-corrected chi connectivity index (χ0v) is 16.8. The summed E-state index contributed by atoms with van der Waals surface area (Å²) in [6.45, 7) is 2.95. The smallest absolute Gasteiger partial charge is 0.281 e. The van der Waals surface area contributed by atoms with Crippen LogP contribution < -0.4 is 10.3 Å². The number of aryl methyl sites for hydroxylation is 1. The lowest BCUT2D eigenvalue weighted by molar-refractivity contribution is 0.0959. The van der Waals surface area contributed by atoms with Gasteiger partial charge in [-0.2, -0.15) is 5.10 Å². The molecule has 1 amide bonds. The number of carbonyl (C=O) groups is 1. The van der Waals surface area contributed by atoms with E-state index in [9.17, 15) is 4.79 Å². The summed E-state index contributed by atoms with van der Waals surface area (Å²) < 4.78 is 0. The van der Waals surface area contributed by atoms with Crippen LogP contribution in [0.1, 0.15) is 45.4 Å². The predicted molar refractivity (Wildman–Crippen MR) is 112 cm³/mol. The zero-order valence-electron chi connectivity index (χ0n) is 15.9. The molecule has 0 spiro atoms. The Morgan fingerprint density at radius 1 is 1.41 bits per heavy atom. The van der Waals surface area contributed by atoms with Crippen molar-refractivity contribution in [1.82, 2.24) is 5.43 Å². The third-order valence-corrected chi connectivity index (χ3v) is 6.37. The van der Waals surface area contributed by atoms with Gasteiger partial charge in [-0.3, -0.25) is 4.79 Å². The van der Waals surface area contributed by atoms with Gasteiger partial charge in [-0.05, 0) is 54.5 Å². The van der Waals surface area contributed by atoms with E-state index in [1.807, 2.05) is 42.3 Å². The maximum atomic E-state index is 12.4. The van der Waals surface area contributed by atoms with E-state index in [0.717, 1.165) is 34.9 Å². The van der Waals surface area contributed by atoms with E-state index in [2.05, 4.69) is 17.5 Å². The van der Waals surface area contributed by atoms with Gasteiger partial charge in [0.25, 0.3) is 5.91 Å². The van der Waals surface area contributed by atoms with Gasteiger partial charge in [0.1, 0.15) is 0 Å². The quantitative estimate of drug-likeness (QED) is 0.567. The Hall–Kier alpha value is -2.18. The minimum atomic E-state index is -0.141. The molecule has 2 N–H and O–H groups in total. The summed E-state index contributed by atoms with van der Waals surface area (Å²) in [7, 11) is 1.93. The average Bonchev–Trinajstić information content (AvgIpc) is 3.12. The molecule has 1 atom stereocenters. The SMILES string of the molecule is CCC1CCc2sc(C(=O)NN=Cc3ccc(N(C)CCO)cc3)cc2C1. The number of thiophene rings is 1. The molecule has 0 fully saturated rings. The van der Waals surface area contributed by atoms with Crippen LogP contribution in [-0.2, 0) is 12.8 Å². The number of nitrogens with zero attached hydrogens (tertiary/aromatic N) is 2. The van der Waals surface area contributed by atoms with Gasteiger partial charge in [0.2, 0.25) is 0 Å². The highest BCUT2D eigenvalue weighted by molar-refractivity contribution is 7.14. The molecule has 1 aliphatic rings. The number of aliphatic hydroxyl groups is 1. The largest absolute Gasteiger partial charge is 0.395 e. The predicted octanol–water partition coefficient (Wildman–Crippen LogP) is 3.46. The number of likely N-dealkylation sites (N-methyl/N-ethyl adjacent to an activating group) is 1. The molecule has 1 unspecified atom stereocenters. The van der Waals surface area contributed by atoms with Crippen molar-refractivity contribution < 1.29 is 9.90 Å². The highest BCUT2D eigenvalue weighted by atomic mass is 32.1. The molecule has 144 valence electrons. The van der Waals surface area contributed by atoms with Crippen LogP contribution in [0.2, 0.25) is 0 Å². The van der Waals surface area contributed by atoms with Crippen molar-refractivity contribution >= 4 is 29.1 Å². The first-order chi connectivity index (χ1) is 13.1. The number of rotatable bonds is 7. The van der Waals surface area contributed by atoms with E-state index < -0.39 is 0 Å². The Morgan fingerprint density at radius 3 is 2.89 bits per heavy atom. The highest BCUT2D eigenvalue weighted by Gasteiger charge is 2.21. The topological polar surface area (TPSA) is 64.9 Å². The van der Waals surface area contributed by atoms with Crippen LogP contribution in [0.25, 0.3) is 0 Å². The van der Waals surface area contributed by atoms with E-state index in [-0.39, 0.29) is 12.5 Å². The van der Waals surface area contributed by atoms with Crippen molar-refractivity contribution in [3.63, 3.8) is 0 Å². The number of hydrogen-bond donors (Lipinski definition) is 2. The second-order valence-electron chi connectivity index (χ2n) is 7.01. The molecular formula is C21H27N3O2S. The van der Waals surface area contributed by atoms with Crippen molar-refractivity contribution in [2.45, 2.75) is 32.6 Å². The maximum absolute atomic E-state index is 12.4. The van der Waals surface area contributed by atoms with E-state index >= 15 is 0 Å². The van der Waals surface area contributed by atoms with Crippen LogP contribution >= 0.6 is 11.3 Å². The molecule has 1 aliphatic carbocycles. The fourth-order valence-corrected chi connectivity index (χ4v) is 4.47. The van der Waals surface area contributed by atoms with Gasteiger partial charge in [-0.25, -0.2) is 5.43 Å². The number of amides is 1. The van der Waals surface area contributed by atoms with Gasteiger partial charge in [0.05, 0.1) is 17.7 Å². The number of carbonyl (C=O) groups excluding carboxylic acids is 1. The first-order valence-electron chi connectivity index (χ1n) is 9.47. The van der Waals surface area contributed by atoms with Crippen LogP contribution in [0.15, 0.2) is 35.4 Å². The van der Waals surface area contributed by atoms with Crippen molar-refractivity contribution in [2.75, 3.05) is 25.1 Å². The maximum Gasteiger partial charge on any atom is 0.281 e. The summed E-state index contributed by atoms with van der Waals surface area (Å²) in [6.07, 6.45) is 6.26. The van der Waals surface area contributed by atoms with Gasteiger partial charge in [-0.15, -0.1) is 11.3 Å². The minimum absolute atomic E-state index is 0.122. The van der Waals surface area contributed by atoms with Crippen molar-refractivity contribution in [2.24, 2.45) is 11.0 Å². The average molecular weight is 386 g/mol. The standard InChI is InChI=1S/C21H27N3O2S/c1-3-15-6-9-19-17(12-15)13-20(27-19)21(26)23-22-14-16-4-7-18(8-5-16)24(2)10-11-25/h4-5,7-8,13-15,25H,3,6,9-12H2,1-2H3,(H,23,26). The molecule has 2 aromatic rings. The molecular weight excluding hydrogens is 358 g/mol. The second-order valence-corrected chi connectivity index (χ2v) is 8.15. The molecule has 0 bridgehead atoms. The Bertz CT molecular complexity index is 798. The van der Waals surface area contributed by atoms with Crippen LogP contribution in [-0.4, -0.2) is 37.4 Å². The summed E-state index contributed by atoms with van der Waals surface area (Å²) in [5.74, 6) is 0.610. The molecule has 27 heavy (non-hydrogen) atoms. The Morgan fingerprint density at radius 2 is 2.19 bits per heavy atom. The molecule has 1 heterocycles. The summed E-state index contributed by atoms with van der Waals surface area (Å²) in [5.41, 5.74) is 5.92. The number of benzene rings is 1. The zero-order chi connectivity index (χ0) is 19.2. The van der Waals surface area contributed by atoms with Gasteiger partial charge in [-0.1, -0.05) is 25.5 Å². The third kappa shape index (κ3) is 4.96. The Balaban J connectivity index is 1.57. The van der Waals surface area contributed by atoms with Crippen LogP contribution in [0.4, 0.5) is 5.69 Å². The minimum Gasteiger partial charge on any atom is -0.395 e. The lowest BCUT2D eigenvalue weighted by Crippen LogP contribution is -2.20. The molecule has 0 aliphatic heterocycles. The second kappa shape index (κ2) is 9.15. The van der Waals surface area contributed by atoms with Crippen molar-refractivity contribution in [3.8, 4) is 0 Å². The summed E-state index contributed by atoms with van der Waals surface area (Å²) >= 11 is 1.60. The summed E-state index contributed by atoms with van der Waals surface area (Å²) in [4.78, 5) is 16.5. The number of nitrogens with one attached hydrogen (secondary N) is 1. The van der Waals surface area contributed by atoms with Gasteiger partial charge >= 0.3 is 0 Å². The Labute approximate surface area is 164 Å². The van der Waals surface area contributed by atoms with Gasteiger partial charge in [0.15, 0.2) is 0 Å². The lowest BCUT2D eigenvalue weighted by atomic mass is 9.87. The van der Waals surface area contributed by atoms with E-state index in [1.54, 1.807) is 17.6 Å². The monoisotopic (exact) mass is 385 g/mol. The molecule has 3 rings (SSSR count). The van der Waals surface area contributed by atoms with Crippen molar-refractivity contribution in [1.29, 1.82) is 0 Å². The van der Waals surface area contributed by atoms with Gasteiger partial charge < -0.3 is 10.0 Å². The fraction of sp³-hybridized carbons (Fsp3) is 0.429. The van der Waals surface area contributed by atoms with Crippen LogP contribution in [0.3, 0.4) is 0 Å². The van der Waals surface area contributed by atoms with E-state index in [1.165, 1.54) is 23.3 Å². The fourth-order valence-electron chi connectivity index (χ4n) is 3.37. The van der Waals surface area contributed by atoms with Crippen LogP contribution in [0, 0.1) is 5.92 Å². The van der Waals surface area contributed by atoms with Crippen LogP contribution in [0.5, 0.6) is 0 Å². The molecule has 1 aromatic carbocycles. The number of aliphatic hydroxyl groups excluding tert-OH is 1. The molecule has 6 heteroatoms. The molecule has 0 radical (unpaired) electrons. The first-order valence-corrected chi connectivity index (χ1v) is 10.3. The summed E-state index contributed by atoms with van der Waals surface area (Å²) in [5, 5.41) is 13.1. The van der Waals surface area contributed by atoms with E-state index in [0.29, 0.717) is 6.54 Å². The normalized spacial score (nSPS) is 16.3. The third-order valence-electron chi connectivity index (χ3n) is 5.14. The molecule has 0 saturated heterocycles. The Kier molecular flexibility index (Phi) is 6.63. The molecule has 0 saturated carbocycles. The first kappa shape index (κ1) is 19.6.